The van der Waals surface area contributed by atoms with E-state index in [1.807, 2.05) is 6.08 Å². The van der Waals surface area contributed by atoms with Gasteiger partial charge in [0, 0.05) is 6.42 Å². The fourth-order valence-electron chi connectivity index (χ4n) is 7.56. The van der Waals surface area contributed by atoms with Crippen molar-refractivity contribution in [1.82, 2.24) is 5.32 Å². The summed E-state index contributed by atoms with van der Waals surface area (Å²) < 4.78 is 0. The molecular weight excluding hydrogens is 675 g/mol. The molecule has 1 amide bonds. The van der Waals surface area contributed by atoms with Gasteiger partial charge in [-0.3, -0.25) is 4.79 Å². The normalized spacial score (nSPS) is 13.2. The first kappa shape index (κ1) is 53.6. The summed E-state index contributed by atoms with van der Waals surface area (Å²) >= 11 is 0. The highest BCUT2D eigenvalue weighted by atomic mass is 16.3. The van der Waals surface area contributed by atoms with Crippen LogP contribution in [0.3, 0.4) is 0 Å². The Kier molecular flexibility index (Phi) is 45.8. The Labute approximate surface area is 344 Å². The summed E-state index contributed by atoms with van der Waals surface area (Å²) in [6.07, 6.45) is 62.7. The lowest BCUT2D eigenvalue weighted by molar-refractivity contribution is -0.123. The van der Waals surface area contributed by atoms with Crippen LogP contribution in [0.2, 0.25) is 0 Å². The second-order valence-electron chi connectivity index (χ2n) is 16.9. The summed E-state index contributed by atoms with van der Waals surface area (Å²) in [5.41, 5.74) is 0. The van der Waals surface area contributed by atoms with E-state index in [1.165, 1.54) is 212 Å². The van der Waals surface area contributed by atoms with Crippen molar-refractivity contribution >= 4 is 5.91 Å². The van der Waals surface area contributed by atoms with E-state index in [0.717, 1.165) is 32.1 Å². The molecule has 0 bridgehead atoms. The van der Waals surface area contributed by atoms with Gasteiger partial charge in [-0.15, -0.1) is 0 Å². The van der Waals surface area contributed by atoms with Crippen LogP contribution in [0.25, 0.3) is 0 Å². The Bertz CT molecular complexity index is 836. The van der Waals surface area contributed by atoms with Crippen molar-refractivity contribution in [2.24, 2.45) is 0 Å². The molecule has 0 spiro atoms. The van der Waals surface area contributed by atoms with Crippen LogP contribution in [-0.2, 0) is 4.79 Å². The minimum absolute atomic E-state index is 0.0627. The third-order valence-electron chi connectivity index (χ3n) is 11.4. The van der Waals surface area contributed by atoms with Crippen LogP contribution in [0.4, 0.5) is 0 Å². The predicted molar refractivity (Wildman–Crippen MR) is 244 cm³/mol. The van der Waals surface area contributed by atoms with Gasteiger partial charge in [0.25, 0.3) is 0 Å². The number of allylic oxidation sites excluding steroid dienone is 5. The van der Waals surface area contributed by atoms with Crippen molar-refractivity contribution in [2.45, 2.75) is 276 Å². The molecule has 4 heteroatoms. The minimum atomic E-state index is -0.838. The van der Waals surface area contributed by atoms with Crippen molar-refractivity contribution in [3.8, 4) is 0 Å². The quantitative estimate of drug-likeness (QED) is 0.0426. The number of hydrogen-bond acceptors (Lipinski definition) is 3. The number of rotatable bonds is 45. The number of amides is 1. The number of aliphatic hydroxyl groups is 2. The average molecular weight is 772 g/mol. The maximum Gasteiger partial charge on any atom is 0.220 e. The lowest BCUT2D eigenvalue weighted by atomic mass is 10.0. The Morgan fingerprint density at radius 3 is 1.09 bits per heavy atom. The van der Waals surface area contributed by atoms with Gasteiger partial charge in [0.15, 0.2) is 0 Å². The molecule has 0 radical (unpaired) electrons. The van der Waals surface area contributed by atoms with Crippen molar-refractivity contribution in [2.75, 3.05) is 6.61 Å². The van der Waals surface area contributed by atoms with Crippen LogP contribution in [-0.4, -0.2) is 34.9 Å². The molecule has 0 aromatic heterocycles. The van der Waals surface area contributed by atoms with Gasteiger partial charge in [0.2, 0.25) is 5.91 Å². The highest BCUT2D eigenvalue weighted by Gasteiger charge is 2.18. The van der Waals surface area contributed by atoms with Gasteiger partial charge >= 0.3 is 0 Å². The molecule has 3 N–H and O–H groups in total. The summed E-state index contributed by atoms with van der Waals surface area (Å²) in [5, 5.41) is 23.1. The summed E-state index contributed by atoms with van der Waals surface area (Å²) in [4.78, 5) is 12.4. The maximum atomic E-state index is 12.4. The first-order valence-electron chi connectivity index (χ1n) is 24.7. The van der Waals surface area contributed by atoms with E-state index >= 15 is 0 Å². The molecule has 0 aliphatic heterocycles. The molecule has 0 aliphatic carbocycles. The zero-order valence-corrected chi connectivity index (χ0v) is 37.2. The molecule has 2 unspecified atom stereocenters. The SMILES string of the molecule is CCCCCCC/C=C\C/C=C\CCCCCCCCCCCCCCCC(=O)NC(CO)C(O)/C=C/CCCCCCCCCCCCCCCCCC. The second-order valence-corrected chi connectivity index (χ2v) is 16.9. The fraction of sp³-hybridized carbons (Fsp3) is 0.863. The van der Waals surface area contributed by atoms with Gasteiger partial charge in [-0.2, -0.15) is 0 Å². The molecule has 0 heterocycles. The number of carbonyl (C=O) groups is 1. The van der Waals surface area contributed by atoms with Gasteiger partial charge in [-0.05, 0) is 51.4 Å². The lowest BCUT2D eigenvalue weighted by Gasteiger charge is -2.20. The zero-order valence-electron chi connectivity index (χ0n) is 37.2. The summed E-state index contributed by atoms with van der Waals surface area (Å²) in [6.45, 7) is 4.32. The Hall–Kier alpha value is -1.39. The standard InChI is InChI=1S/C51H97NO3/c1-3-5-7-9-11-13-15-17-19-21-23-24-25-26-27-28-29-31-33-35-37-39-41-43-45-47-51(55)52-49(48-53)50(54)46-44-42-40-38-36-34-32-30-22-20-18-16-14-12-10-8-6-4-2/h15,17,21,23,44,46,49-50,53-54H,3-14,16,18-20,22,24-43,45,47-48H2,1-2H3,(H,52,55)/b17-15-,23-21-,46-44+. The number of hydrogen-bond donors (Lipinski definition) is 3. The molecule has 0 saturated heterocycles. The smallest absolute Gasteiger partial charge is 0.220 e. The van der Waals surface area contributed by atoms with Crippen LogP contribution >= 0.6 is 0 Å². The van der Waals surface area contributed by atoms with Gasteiger partial charge in [0.1, 0.15) is 0 Å². The second kappa shape index (κ2) is 47.0. The summed E-state index contributed by atoms with van der Waals surface area (Å²) in [6, 6.07) is -0.622. The maximum absolute atomic E-state index is 12.4. The molecule has 2 atom stereocenters. The van der Waals surface area contributed by atoms with E-state index in [0.29, 0.717) is 6.42 Å². The molecule has 0 aromatic carbocycles. The third-order valence-corrected chi connectivity index (χ3v) is 11.4. The highest BCUT2D eigenvalue weighted by Crippen LogP contribution is 2.16. The van der Waals surface area contributed by atoms with Gasteiger partial charge in [0.05, 0.1) is 18.8 Å². The largest absolute Gasteiger partial charge is 0.394 e. The van der Waals surface area contributed by atoms with E-state index < -0.39 is 12.1 Å². The van der Waals surface area contributed by atoms with E-state index in [1.54, 1.807) is 6.08 Å². The van der Waals surface area contributed by atoms with E-state index in [2.05, 4.69) is 43.5 Å². The molecule has 0 rings (SSSR count). The van der Waals surface area contributed by atoms with Crippen LogP contribution in [0.5, 0.6) is 0 Å². The first-order chi connectivity index (χ1) is 27.2. The first-order valence-corrected chi connectivity index (χ1v) is 24.7. The molecular formula is C51H97NO3. The van der Waals surface area contributed by atoms with Crippen LogP contribution in [0.1, 0.15) is 264 Å². The molecule has 0 aliphatic rings. The molecule has 0 aromatic rings. The number of unbranched alkanes of at least 4 members (excludes halogenated alkanes) is 34. The van der Waals surface area contributed by atoms with Crippen molar-refractivity contribution in [3.05, 3.63) is 36.5 Å². The Morgan fingerprint density at radius 1 is 0.436 bits per heavy atom. The molecule has 55 heavy (non-hydrogen) atoms. The number of nitrogens with one attached hydrogen (secondary N) is 1. The van der Waals surface area contributed by atoms with E-state index in [4.69, 9.17) is 0 Å². The fourth-order valence-corrected chi connectivity index (χ4v) is 7.56. The van der Waals surface area contributed by atoms with Gasteiger partial charge in [-0.1, -0.05) is 243 Å². The van der Waals surface area contributed by atoms with Crippen molar-refractivity contribution in [3.63, 3.8) is 0 Å². The number of aliphatic hydroxyl groups excluding tert-OH is 2. The third kappa shape index (κ3) is 43.6. The average Bonchev–Trinajstić information content (AvgIpc) is 3.19. The Balaban J connectivity index is 3.52. The van der Waals surface area contributed by atoms with Crippen molar-refractivity contribution < 1.29 is 15.0 Å². The van der Waals surface area contributed by atoms with Gasteiger partial charge in [-0.25, -0.2) is 0 Å². The summed E-state index contributed by atoms with van der Waals surface area (Å²) in [7, 11) is 0. The van der Waals surface area contributed by atoms with E-state index in [9.17, 15) is 15.0 Å². The van der Waals surface area contributed by atoms with Gasteiger partial charge < -0.3 is 15.5 Å². The van der Waals surface area contributed by atoms with Crippen molar-refractivity contribution in [1.29, 1.82) is 0 Å². The minimum Gasteiger partial charge on any atom is -0.394 e. The van der Waals surface area contributed by atoms with Crippen LogP contribution in [0.15, 0.2) is 36.5 Å². The molecule has 324 valence electrons. The highest BCUT2D eigenvalue weighted by molar-refractivity contribution is 5.76. The molecule has 0 fully saturated rings. The lowest BCUT2D eigenvalue weighted by Crippen LogP contribution is -2.45. The monoisotopic (exact) mass is 772 g/mol. The number of carbonyl (C=O) groups excluding carboxylic acids is 1. The topological polar surface area (TPSA) is 69.6 Å². The van der Waals surface area contributed by atoms with Crippen LogP contribution < -0.4 is 5.32 Å². The zero-order chi connectivity index (χ0) is 40.0. The van der Waals surface area contributed by atoms with Crippen LogP contribution in [0, 0.1) is 0 Å². The molecule has 4 nitrogen and oxygen atoms in total. The van der Waals surface area contributed by atoms with E-state index in [-0.39, 0.29) is 12.5 Å². The predicted octanol–water partition coefficient (Wildman–Crippen LogP) is 15.7. The Morgan fingerprint density at radius 2 is 0.745 bits per heavy atom. The summed E-state index contributed by atoms with van der Waals surface area (Å²) in [5.74, 6) is -0.0627. The molecule has 0 saturated carbocycles.